The van der Waals surface area contributed by atoms with Crippen LogP contribution < -0.4 is 0 Å². The lowest BCUT2D eigenvalue weighted by molar-refractivity contribution is -0.138. The number of carbonyl (C=O) groups is 2. The zero-order chi connectivity index (χ0) is 14.5. The maximum atomic E-state index is 12.2. The lowest BCUT2D eigenvalue weighted by atomic mass is 9.92. The molecule has 0 aromatic rings. The zero-order valence-corrected chi connectivity index (χ0v) is 12.8. The molecular formula is C15H27N3O2. The van der Waals surface area contributed by atoms with E-state index in [1.165, 1.54) is 12.8 Å². The van der Waals surface area contributed by atoms with E-state index in [-0.39, 0.29) is 11.8 Å². The van der Waals surface area contributed by atoms with E-state index in [9.17, 15) is 9.59 Å². The molecule has 0 spiro atoms. The third kappa shape index (κ3) is 4.20. The van der Waals surface area contributed by atoms with Crippen LogP contribution in [0.2, 0.25) is 0 Å². The number of piperidine rings is 1. The van der Waals surface area contributed by atoms with Gasteiger partial charge in [-0.15, -0.1) is 0 Å². The van der Waals surface area contributed by atoms with Crippen LogP contribution in [0.25, 0.3) is 0 Å². The molecule has 5 nitrogen and oxygen atoms in total. The first kappa shape index (κ1) is 15.3. The van der Waals surface area contributed by atoms with Crippen molar-refractivity contribution in [2.45, 2.75) is 32.6 Å². The molecule has 5 heteroatoms. The average Bonchev–Trinajstić information content (AvgIpc) is 2.46. The highest BCUT2D eigenvalue weighted by Gasteiger charge is 2.23. The van der Waals surface area contributed by atoms with Gasteiger partial charge < -0.3 is 14.7 Å². The summed E-state index contributed by atoms with van der Waals surface area (Å²) in [5.74, 6) is 1.10. The van der Waals surface area contributed by atoms with Gasteiger partial charge in [0.2, 0.25) is 11.8 Å². The highest BCUT2D eigenvalue weighted by Crippen LogP contribution is 2.21. The predicted molar refractivity (Wildman–Crippen MR) is 78.3 cm³/mol. The highest BCUT2D eigenvalue weighted by atomic mass is 16.2. The van der Waals surface area contributed by atoms with Crippen LogP contribution in [0.15, 0.2) is 0 Å². The van der Waals surface area contributed by atoms with Gasteiger partial charge in [0.25, 0.3) is 0 Å². The molecule has 0 radical (unpaired) electrons. The minimum absolute atomic E-state index is 0.114. The van der Waals surface area contributed by atoms with Crippen LogP contribution in [-0.2, 0) is 9.59 Å². The number of hydrogen-bond acceptors (Lipinski definition) is 3. The number of likely N-dealkylation sites (tertiary alicyclic amines) is 1. The molecular weight excluding hydrogens is 254 g/mol. The summed E-state index contributed by atoms with van der Waals surface area (Å²) in [6.45, 7) is 6.70. The zero-order valence-electron chi connectivity index (χ0n) is 12.8. The lowest BCUT2D eigenvalue weighted by Crippen LogP contribution is -2.50. The summed E-state index contributed by atoms with van der Waals surface area (Å²) in [7, 11) is 2.16. The van der Waals surface area contributed by atoms with Gasteiger partial charge in [0.15, 0.2) is 0 Å². The summed E-state index contributed by atoms with van der Waals surface area (Å²) in [4.78, 5) is 29.6. The maximum absolute atomic E-state index is 12.2. The van der Waals surface area contributed by atoms with E-state index >= 15 is 0 Å². The molecule has 20 heavy (non-hydrogen) atoms. The van der Waals surface area contributed by atoms with E-state index in [2.05, 4.69) is 11.9 Å². The molecule has 0 saturated carbocycles. The molecule has 0 aromatic heterocycles. The Bertz CT molecular complexity index is 343. The van der Waals surface area contributed by atoms with Crippen LogP contribution in [0.1, 0.15) is 32.6 Å². The standard InChI is InChI=1S/C15H27N3O2/c1-13(19)17-9-11-18(12-10-17)15(20)4-3-14-5-7-16(2)8-6-14/h14H,3-12H2,1-2H3. The highest BCUT2D eigenvalue weighted by molar-refractivity contribution is 5.77. The Kier molecular flexibility index (Phi) is 5.40. The SMILES string of the molecule is CC(=O)N1CCN(C(=O)CCC2CCN(C)CC2)CC1. The van der Waals surface area contributed by atoms with Crippen molar-refractivity contribution in [1.29, 1.82) is 0 Å². The van der Waals surface area contributed by atoms with Crippen LogP contribution in [0.4, 0.5) is 0 Å². The second-order valence-corrected chi connectivity index (χ2v) is 6.17. The van der Waals surface area contributed by atoms with Crippen LogP contribution in [0, 0.1) is 5.92 Å². The molecule has 114 valence electrons. The normalized spacial score (nSPS) is 22.1. The van der Waals surface area contributed by atoms with E-state index in [4.69, 9.17) is 0 Å². The summed E-state index contributed by atoms with van der Waals surface area (Å²) in [6.07, 6.45) is 4.15. The first-order chi connectivity index (χ1) is 9.56. The summed E-state index contributed by atoms with van der Waals surface area (Å²) in [5, 5.41) is 0. The Labute approximate surface area is 121 Å². The number of rotatable bonds is 3. The van der Waals surface area contributed by atoms with E-state index in [0.717, 1.165) is 19.5 Å². The monoisotopic (exact) mass is 281 g/mol. The lowest BCUT2D eigenvalue weighted by Gasteiger charge is -2.35. The molecule has 2 amide bonds. The summed E-state index contributed by atoms with van der Waals surface area (Å²) < 4.78 is 0. The van der Waals surface area contributed by atoms with Crippen molar-refractivity contribution in [2.24, 2.45) is 5.92 Å². The molecule has 0 unspecified atom stereocenters. The molecule has 0 aromatic carbocycles. The van der Waals surface area contributed by atoms with E-state index < -0.39 is 0 Å². The van der Waals surface area contributed by atoms with Crippen LogP contribution in [0.3, 0.4) is 0 Å². The largest absolute Gasteiger partial charge is 0.339 e. The third-order valence-corrected chi connectivity index (χ3v) is 4.68. The fraction of sp³-hybridized carbons (Fsp3) is 0.867. The quantitative estimate of drug-likeness (QED) is 0.768. The molecule has 2 rings (SSSR count). The molecule has 0 atom stereocenters. The summed E-state index contributed by atoms with van der Waals surface area (Å²) >= 11 is 0. The molecule has 0 N–H and O–H groups in total. The molecule has 2 saturated heterocycles. The topological polar surface area (TPSA) is 43.9 Å². The van der Waals surface area contributed by atoms with Crippen molar-refractivity contribution >= 4 is 11.8 Å². The van der Waals surface area contributed by atoms with Gasteiger partial charge in [0.05, 0.1) is 0 Å². The van der Waals surface area contributed by atoms with Crippen molar-refractivity contribution in [2.75, 3.05) is 46.3 Å². The first-order valence-electron chi connectivity index (χ1n) is 7.78. The number of amides is 2. The molecule has 2 aliphatic rings. The molecule has 0 bridgehead atoms. The van der Waals surface area contributed by atoms with Crippen LogP contribution in [-0.4, -0.2) is 72.8 Å². The van der Waals surface area contributed by atoms with Gasteiger partial charge in [-0.1, -0.05) is 0 Å². The second-order valence-electron chi connectivity index (χ2n) is 6.17. The molecule has 2 fully saturated rings. The van der Waals surface area contributed by atoms with E-state index in [0.29, 0.717) is 38.5 Å². The predicted octanol–water partition coefficient (Wildman–Crippen LogP) is 0.799. The summed E-state index contributed by atoms with van der Waals surface area (Å²) in [6, 6.07) is 0. The smallest absolute Gasteiger partial charge is 0.222 e. The third-order valence-electron chi connectivity index (χ3n) is 4.68. The fourth-order valence-corrected chi connectivity index (χ4v) is 3.11. The number of carbonyl (C=O) groups excluding carboxylic acids is 2. The van der Waals surface area contributed by atoms with Gasteiger partial charge in [0.1, 0.15) is 0 Å². The number of nitrogens with zero attached hydrogens (tertiary/aromatic N) is 3. The molecule has 2 heterocycles. The van der Waals surface area contributed by atoms with Gasteiger partial charge >= 0.3 is 0 Å². The number of hydrogen-bond donors (Lipinski definition) is 0. The first-order valence-corrected chi connectivity index (χ1v) is 7.78. The molecule has 0 aliphatic carbocycles. The Morgan fingerprint density at radius 3 is 2.05 bits per heavy atom. The van der Waals surface area contributed by atoms with E-state index in [1.807, 2.05) is 9.80 Å². The van der Waals surface area contributed by atoms with Crippen molar-refractivity contribution in [1.82, 2.24) is 14.7 Å². The van der Waals surface area contributed by atoms with Crippen molar-refractivity contribution in [3.8, 4) is 0 Å². The van der Waals surface area contributed by atoms with Gasteiger partial charge in [-0.2, -0.15) is 0 Å². The van der Waals surface area contributed by atoms with Gasteiger partial charge in [-0.05, 0) is 45.3 Å². The van der Waals surface area contributed by atoms with Crippen LogP contribution in [0.5, 0.6) is 0 Å². The van der Waals surface area contributed by atoms with Crippen LogP contribution >= 0.6 is 0 Å². The van der Waals surface area contributed by atoms with Gasteiger partial charge in [-0.3, -0.25) is 9.59 Å². The molecule has 2 aliphatic heterocycles. The number of piperazine rings is 1. The Morgan fingerprint density at radius 1 is 0.950 bits per heavy atom. The van der Waals surface area contributed by atoms with Crippen molar-refractivity contribution < 1.29 is 9.59 Å². The Hall–Kier alpha value is -1.10. The van der Waals surface area contributed by atoms with Crippen molar-refractivity contribution in [3.63, 3.8) is 0 Å². The minimum atomic E-state index is 0.114. The fourth-order valence-electron chi connectivity index (χ4n) is 3.11. The Morgan fingerprint density at radius 2 is 1.50 bits per heavy atom. The second kappa shape index (κ2) is 7.07. The van der Waals surface area contributed by atoms with E-state index in [1.54, 1.807) is 6.92 Å². The average molecular weight is 281 g/mol. The minimum Gasteiger partial charge on any atom is -0.339 e. The summed E-state index contributed by atoms with van der Waals surface area (Å²) in [5.41, 5.74) is 0. The van der Waals surface area contributed by atoms with Gasteiger partial charge in [-0.25, -0.2) is 0 Å². The van der Waals surface area contributed by atoms with Crippen molar-refractivity contribution in [3.05, 3.63) is 0 Å². The van der Waals surface area contributed by atoms with Gasteiger partial charge in [0, 0.05) is 39.5 Å². The Balaban J connectivity index is 1.67. The maximum Gasteiger partial charge on any atom is 0.222 e.